The Labute approximate surface area is 333 Å². The van der Waals surface area contributed by atoms with Gasteiger partial charge in [0.15, 0.2) is 0 Å². The van der Waals surface area contributed by atoms with Gasteiger partial charge in [0.25, 0.3) is 5.91 Å². The maximum atomic E-state index is 14.3. The normalized spacial score (nSPS) is 25.8. The fourth-order valence-corrected chi connectivity index (χ4v) is 7.56. The van der Waals surface area contributed by atoms with Crippen LogP contribution in [0.1, 0.15) is 97.5 Å². The van der Waals surface area contributed by atoms with Crippen LogP contribution >= 0.6 is 11.8 Å². The highest BCUT2D eigenvalue weighted by atomic mass is 35.5. The summed E-state index contributed by atoms with van der Waals surface area (Å²) >= 11 is 6.45. The molecule has 308 valence electrons. The first-order valence-corrected chi connectivity index (χ1v) is 20.2. The van der Waals surface area contributed by atoms with E-state index in [1.54, 1.807) is 6.08 Å². The standard InChI is InChI=1S/C40H56ClFN6O8/c1-5-7-9-10-11-15-34(49)44-30(21-27-16-18-29(42)19-17-27)36(51)45-31-24-56-40(55)33-22-28(13-8-6-2)23-47(33)37(52)25(3)43-35(50)26(4)48(41)39(54)32-14-12-20-46(32)38(31)53/h11,15-19,25-26,28,30-33H,5-10,12-14,20-24H2,1-4H3,(H,43,50)(H,44,49)(H,45,51)/b15-11+/t25-,26-,28+,30-,31-,32-,33-/m0/s1. The lowest BCUT2D eigenvalue weighted by Gasteiger charge is -2.33. The Morgan fingerprint density at radius 2 is 1.70 bits per heavy atom. The highest BCUT2D eigenvalue weighted by Crippen LogP contribution is 2.30. The lowest BCUT2D eigenvalue weighted by atomic mass is 9.99. The van der Waals surface area contributed by atoms with Crippen molar-refractivity contribution in [3.63, 3.8) is 0 Å². The summed E-state index contributed by atoms with van der Waals surface area (Å²) in [7, 11) is 0. The van der Waals surface area contributed by atoms with Gasteiger partial charge in [-0.25, -0.2) is 13.6 Å². The van der Waals surface area contributed by atoms with Crippen LogP contribution in [-0.2, 0) is 44.7 Å². The van der Waals surface area contributed by atoms with Crippen molar-refractivity contribution >= 4 is 53.2 Å². The number of nitrogens with one attached hydrogen (secondary N) is 3. The number of esters is 1. The second-order valence-electron chi connectivity index (χ2n) is 15.0. The zero-order valence-electron chi connectivity index (χ0n) is 32.8. The molecule has 1 aromatic rings. The van der Waals surface area contributed by atoms with Gasteiger partial charge in [0, 0.05) is 31.3 Å². The number of rotatable bonds is 13. The summed E-state index contributed by atoms with van der Waals surface area (Å²) in [5, 5.41) is 7.96. The van der Waals surface area contributed by atoms with Crippen molar-refractivity contribution in [2.75, 3.05) is 19.7 Å². The van der Waals surface area contributed by atoms with Crippen LogP contribution in [0.3, 0.4) is 0 Å². The predicted octanol–water partition coefficient (Wildman–Crippen LogP) is 3.31. The molecule has 3 fully saturated rings. The molecule has 1 aromatic carbocycles. The summed E-state index contributed by atoms with van der Waals surface area (Å²) in [5.41, 5.74) is 0.526. The average Bonchev–Trinajstić information content (AvgIpc) is 3.85. The number of nitrogens with zero attached hydrogens (tertiary/aromatic N) is 3. The predicted molar refractivity (Wildman–Crippen MR) is 206 cm³/mol. The number of hydrogen-bond donors (Lipinski definition) is 3. The van der Waals surface area contributed by atoms with Crippen LogP contribution in [-0.4, -0.2) is 112 Å². The van der Waals surface area contributed by atoms with Crippen LogP contribution in [0.25, 0.3) is 0 Å². The van der Waals surface area contributed by atoms with Gasteiger partial charge in [-0.2, -0.15) is 0 Å². The van der Waals surface area contributed by atoms with E-state index in [2.05, 4.69) is 22.9 Å². The number of allylic oxidation sites excluding steroid dienone is 1. The largest absolute Gasteiger partial charge is 0.461 e. The van der Waals surface area contributed by atoms with E-state index in [9.17, 15) is 38.0 Å². The number of halogens is 2. The number of amides is 6. The molecule has 3 heterocycles. The highest BCUT2D eigenvalue weighted by molar-refractivity contribution is 6.24. The Hall–Kier alpha value is -4.53. The Kier molecular flexibility index (Phi) is 16.7. The topological polar surface area (TPSA) is 175 Å². The molecule has 3 aliphatic heterocycles. The van der Waals surface area contributed by atoms with Crippen molar-refractivity contribution in [1.82, 2.24) is 30.2 Å². The van der Waals surface area contributed by atoms with Crippen LogP contribution in [0.15, 0.2) is 36.4 Å². The lowest BCUT2D eigenvalue weighted by molar-refractivity contribution is -0.157. The number of carbonyl (C=O) groups is 7. The minimum absolute atomic E-state index is 0.0182. The van der Waals surface area contributed by atoms with Crippen LogP contribution in [0.5, 0.6) is 0 Å². The second-order valence-corrected chi connectivity index (χ2v) is 15.3. The first kappa shape index (κ1) is 44.2. The number of hydrogen-bond acceptors (Lipinski definition) is 8. The van der Waals surface area contributed by atoms with Crippen molar-refractivity contribution in [2.45, 2.75) is 135 Å². The van der Waals surface area contributed by atoms with Crippen molar-refractivity contribution < 1.29 is 42.7 Å². The summed E-state index contributed by atoms with van der Waals surface area (Å²) in [4.78, 5) is 98.6. The molecule has 56 heavy (non-hydrogen) atoms. The van der Waals surface area contributed by atoms with Gasteiger partial charge in [0.1, 0.15) is 48.7 Å². The van der Waals surface area contributed by atoms with E-state index in [0.717, 1.165) is 38.5 Å². The smallest absolute Gasteiger partial charge is 0.328 e. The molecule has 6 amide bonds. The molecular formula is C40H56ClFN6O8. The Bertz CT molecular complexity index is 1610. The maximum Gasteiger partial charge on any atom is 0.328 e. The van der Waals surface area contributed by atoms with E-state index in [1.807, 2.05) is 6.92 Å². The number of unbranched alkanes of at least 4 members (excludes halogenated alkanes) is 4. The van der Waals surface area contributed by atoms with Crippen LogP contribution in [0.2, 0.25) is 0 Å². The summed E-state index contributed by atoms with van der Waals surface area (Å²) < 4.78 is 20.2. The van der Waals surface area contributed by atoms with Crippen LogP contribution in [0.4, 0.5) is 4.39 Å². The van der Waals surface area contributed by atoms with E-state index in [0.29, 0.717) is 29.2 Å². The zero-order chi connectivity index (χ0) is 40.9. The summed E-state index contributed by atoms with van der Waals surface area (Å²) in [5.74, 6) is -5.33. The Morgan fingerprint density at radius 3 is 2.39 bits per heavy atom. The quantitative estimate of drug-likeness (QED) is 0.118. The van der Waals surface area contributed by atoms with Gasteiger partial charge in [-0.3, -0.25) is 28.8 Å². The molecule has 0 bridgehead atoms. The highest BCUT2D eigenvalue weighted by Gasteiger charge is 2.45. The Morgan fingerprint density at radius 1 is 0.982 bits per heavy atom. The van der Waals surface area contributed by atoms with E-state index < -0.39 is 90.1 Å². The Balaban J connectivity index is 1.66. The average molecular weight is 803 g/mol. The molecule has 4 rings (SSSR count). The first-order chi connectivity index (χ1) is 26.7. The SMILES string of the molecule is CCCCC/C=C/C(=O)N[C@@H](Cc1ccc(F)cc1)C(=O)N[C@H]1COC(=O)[C@@H]2C[C@@H](CCCC)CN2C(=O)[C@H](C)NC(=O)[C@H](C)N(Cl)C(=O)[C@@H]2CCCN2C1=O. The fraction of sp³-hybridized carbons (Fsp3) is 0.625. The zero-order valence-corrected chi connectivity index (χ0v) is 33.5. The number of benzene rings is 1. The molecule has 16 heteroatoms. The van der Waals surface area contributed by atoms with E-state index in [1.165, 1.54) is 54.0 Å². The molecule has 0 radical (unpaired) electrons. The van der Waals surface area contributed by atoms with Crippen molar-refractivity contribution in [2.24, 2.45) is 5.92 Å². The summed E-state index contributed by atoms with van der Waals surface area (Å²) in [6, 6.07) is -1.76. The van der Waals surface area contributed by atoms with Gasteiger partial charge in [-0.05, 0) is 82.1 Å². The van der Waals surface area contributed by atoms with Gasteiger partial charge in [-0.15, -0.1) is 0 Å². The molecule has 0 aromatic heterocycles. The fourth-order valence-electron chi connectivity index (χ4n) is 7.36. The van der Waals surface area contributed by atoms with Gasteiger partial charge >= 0.3 is 5.97 Å². The molecule has 3 saturated heterocycles. The van der Waals surface area contributed by atoms with Crippen molar-refractivity contribution in [3.8, 4) is 0 Å². The molecule has 3 aliphatic rings. The molecule has 0 unspecified atom stereocenters. The minimum atomic E-state index is -1.52. The molecular weight excluding hydrogens is 747 g/mol. The second kappa shape index (κ2) is 21.1. The van der Waals surface area contributed by atoms with E-state index in [-0.39, 0.29) is 31.8 Å². The van der Waals surface area contributed by atoms with Crippen molar-refractivity contribution in [3.05, 3.63) is 47.8 Å². The minimum Gasteiger partial charge on any atom is -0.461 e. The molecule has 0 aliphatic carbocycles. The van der Waals surface area contributed by atoms with Gasteiger partial charge in [0.05, 0.1) is 0 Å². The molecule has 3 N–H and O–H groups in total. The first-order valence-electron chi connectivity index (χ1n) is 19.8. The monoisotopic (exact) mass is 802 g/mol. The molecule has 7 atom stereocenters. The number of ether oxygens (including phenoxy) is 1. The van der Waals surface area contributed by atoms with E-state index in [4.69, 9.17) is 16.5 Å². The van der Waals surface area contributed by atoms with Crippen LogP contribution in [0, 0.1) is 11.7 Å². The molecule has 0 spiro atoms. The van der Waals surface area contributed by atoms with E-state index >= 15 is 0 Å². The third-order valence-corrected chi connectivity index (χ3v) is 11.1. The van der Waals surface area contributed by atoms with Gasteiger partial charge < -0.3 is 30.5 Å². The lowest BCUT2D eigenvalue weighted by Crippen LogP contribution is -2.60. The summed E-state index contributed by atoms with van der Waals surface area (Å²) in [6.07, 6.45) is 10.0. The number of carbonyl (C=O) groups excluding carboxylic acids is 7. The molecule has 14 nitrogen and oxygen atoms in total. The number of fused-ring (bicyclic) bond motifs is 2. The maximum absolute atomic E-state index is 14.3. The van der Waals surface area contributed by atoms with Crippen LogP contribution < -0.4 is 16.0 Å². The third-order valence-electron chi connectivity index (χ3n) is 10.6. The van der Waals surface area contributed by atoms with Gasteiger partial charge in [-0.1, -0.05) is 57.7 Å². The van der Waals surface area contributed by atoms with Crippen molar-refractivity contribution in [1.29, 1.82) is 0 Å². The molecule has 0 saturated carbocycles. The number of cyclic esters (lactones) is 1. The van der Waals surface area contributed by atoms with Gasteiger partial charge in [0.2, 0.25) is 29.5 Å². The summed E-state index contributed by atoms with van der Waals surface area (Å²) in [6.45, 7) is 6.72. The third kappa shape index (κ3) is 11.7.